The largest absolute Gasteiger partial charge is 0.359 e. The Morgan fingerprint density at radius 2 is 1.91 bits per heavy atom. The Balaban J connectivity index is 2.50. The summed E-state index contributed by atoms with van der Waals surface area (Å²) in [6, 6.07) is 6.22. The molecule has 0 aliphatic carbocycles. The van der Waals surface area contributed by atoms with E-state index in [0.717, 1.165) is 5.56 Å². The Morgan fingerprint density at radius 3 is 2.55 bits per heavy atom. The van der Waals surface area contributed by atoms with E-state index in [4.69, 9.17) is 0 Å². The summed E-state index contributed by atoms with van der Waals surface area (Å²) >= 11 is 0. The fourth-order valence-corrected chi connectivity index (χ4v) is 2.33. The third-order valence-corrected chi connectivity index (χ3v) is 3.69. The second kappa shape index (κ2) is 8.54. The summed E-state index contributed by atoms with van der Waals surface area (Å²) in [7, 11) is 3.45. The van der Waals surface area contributed by atoms with Crippen molar-refractivity contribution in [2.45, 2.75) is 33.2 Å². The Labute approximate surface area is 133 Å². The van der Waals surface area contributed by atoms with Crippen LogP contribution >= 0.6 is 0 Å². The Kier molecular flexibility index (Phi) is 7.05. The highest BCUT2D eigenvalue weighted by molar-refractivity contribution is 5.79. The van der Waals surface area contributed by atoms with E-state index in [1.54, 1.807) is 7.05 Å². The van der Waals surface area contributed by atoms with Gasteiger partial charge in [-0.05, 0) is 38.9 Å². The number of benzene rings is 1. The SMILES string of the molecule is CNC(=O)CCN(C)CC(=O)N[C@H](C)c1cc(C)ccc1C. The molecule has 122 valence electrons. The molecule has 5 heteroatoms. The first kappa shape index (κ1) is 18.2. The van der Waals surface area contributed by atoms with Gasteiger partial charge in [0.1, 0.15) is 0 Å². The van der Waals surface area contributed by atoms with Gasteiger partial charge in [0.05, 0.1) is 12.6 Å². The maximum Gasteiger partial charge on any atom is 0.234 e. The van der Waals surface area contributed by atoms with Crippen molar-refractivity contribution in [3.05, 3.63) is 34.9 Å². The fraction of sp³-hybridized carbons (Fsp3) is 0.529. The van der Waals surface area contributed by atoms with Gasteiger partial charge in [0.25, 0.3) is 0 Å². The highest BCUT2D eigenvalue weighted by Gasteiger charge is 2.13. The zero-order valence-corrected chi connectivity index (χ0v) is 14.2. The van der Waals surface area contributed by atoms with Gasteiger partial charge in [0, 0.05) is 20.0 Å². The van der Waals surface area contributed by atoms with Gasteiger partial charge in [-0.3, -0.25) is 14.5 Å². The predicted octanol–water partition coefficient (Wildman–Crippen LogP) is 1.55. The monoisotopic (exact) mass is 305 g/mol. The summed E-state index contributed by atoms with van der Waals surface area (Å²) in [5.74, 6) is -0.0520. The maximum absolute atomic E-state index is 12.1. The Bertz CT molecular complexity index is 529. The van der Waals surface area contributed by atoms with E-state index in [1.807, 2.05) is 32.7 Å². The summed E-state index contributed by atoms with van der Waals surface area (Å²) in [6.07, 6.45) is 0.396. The van der Waals surface area contributed by atoms with E-state index >= 15 is 0 Å². The van der Waals surface area contributed by atoms with Gasteiger partial charge in [-0.15, -0.1) is 0 Å². The maximum atomic E-state index is 12.1. The molecule has 0 radical (unpaired) electrons. The lowest BCUT2D eigenvalue weighted by molar-refractivity contribution is -0.124. The second-order valence-electron chi connectivity index (χ2n) is 5.81. The highest BCUT2D eigenvalue weighted by atomic mass is 16.2. The average Bonchev–Trinajstić information content (AvgIpc) is 2.46. The van der Waals surface area contributed by atoms with Crippen LogP contribution in [0.5, 0.6) is 0 Å². The van der Waals surface area contributed by atoms with Crippen LogP contribution in [0.3, 0.4) is 0 Å². The molecule has 22 heavy (non-hydrogen) atoms. The van der Waals surface area contributed by atoms with Crippen molar-refractivity contribution < 1.29 is 9.59 Å². The molecule has 0 saturated carbocycles. The number of hydrogen-bond donors (Lipinski definition) is 2. The number of likely N-dealkylation sites (N-methyl/N-ethyl adjacent to an activating group) is 1. The van der Waals surface area contributed by atoms with Crippen LogP contribution in [-0.2, 0) is 9.59 Å². The van der Waals surface area contributed by atoms with Crippen LogP contribution in [0, 0.1) is 13.8 Å². The van der Waals surface area contributed by atoms with Crippen LogP contribution in [-0.4, -0.2) is 43.9 Å². The summed E-state index contributed by atoms with van der Waals surface area (Å²) < 4.78 is 0. The Morgan fingerprint density at radius 1 is 1.23 bits per heavy atom. The van der Waals surface area contributed by atoms with Gasteiger partial charge in [-0.25, -0.2) is 0 Å². The zero-order valence-electron chi connectivity index (χ0n) is 14.2. The minimum atomic E-state index is -0.0344. The Hall–Kier alpha value is -1.88. The van der Waals surface area contributed by atoms with Crippen molar-refractivity contribution in [3.8, 4) is 0 Å². The average molecular weight is 305 g/mol. The van der Waals surface area contributed by atoms with Crippen LogP contribution in [0.15, 0.2) is 18.2 Å². The van der Waals surface area contributed by atoms with Crippen molar-refractivity contribution in [2.24, 2.45) is 0 Å². The van der Waals surface area contributed by atoms with Gasteiger partial charge in [-0.2, -0.15) is 0 Å². The standard InChI is InChI=1S/C17H27N3O2/c1-12-6-7-13(2)15(10-12)14(3)19-17(22)11-20(5)9-8-16(21)18-4/h6-7,10,14H,8-9,11H2,1-5H3,(H,18,21)(H,19,22)/t14-/m1/s1. The first-order chi connectivity index (χ1) is 10.3. The third-order valence-electron chi connectivity index (χ3n) is 3.69. The number of hydrogen-bond acceptors (Lipinski definition) is 3. The van der Waals surface area contributed by atoms with Crippen LogP contribution < -0.4 is 10.6 Å². The molecule has 1 aromatic rings. The zero-order chi connectivity index (χ0) is 16.7. The number of carbonyl (C=O) groups excluding carboxylic acids is 2. The molecule has 0 spiro atoms. The molecule has 2 N–H and O–H groups in total. The van der Waals surface area contributed by atoms with E-state index < -0.39 is 0 Å². The predicted molar refractivity (Wildman–Crippen MR) is 88.7 cm³/mol. The van der Waals surface area contributed by atoms with Crippen LogP contribution in [0.25, 0.3) is 0 Å². The molecule has 0 aliphatic heterocycles. The molecule has 2 amide bonds. The minimum Gasteiger partial charge on any atom is -0.359 e. The highest BCUT2D eigenvalue weighted by Crippen LogP contribution is 2.18. The lowest BCUT2D eigenvalue weighted by atomic mass is 10.00. The third kappa shape index (κ3) is 5.85. The van der Waals surface area contributed by atoms with Crippen LogP contribution in [0.4, 0.5) is 0 Å². The fourth-order valence-electron chi connectivity index (χ4n) is 2.33. The molecule has 0 bridgehead atoms. The quantitative estimate of drug-likeness (QED) is 0.803. The molecule has 0 unspecified atom stereocenters. The molecule has 0 fully saturated rings. The van der Waals surface area contributed by atoms with Crippen LogP contribution in [0.1, 0.15) is 36.1 Å². The van der Waals surface area contributed by atoms with E-state index in [9.17, 15) is 9.59 Å². The smallest absolute Gasteiger partial charge is 0.234 e. The van der Waals surface area contributed by atoms with E-state index in [0.29, 0.717) is 13.0 Å². The van der Waals surface area contributed by atoms with E-state index in [-0.39, 0.29) is 24.4 Å². The second-order valence-corrected chi connectivity index (χ2v) is 5.81. The van der Waals surface area contributed by atoms with Crippen LogP contribution in [0.2, 0.25) is 0 Å². The summed E-state index contributed by atoms with van der Waals surface area (Å²) in [5, 5.41) is 5.59. The molecule has 1 rings (SSSR count). The van der Waals surface area contributed by atoms with Gasteiger partial charge < -0.3 is 10.6 Å². The van der Waals surface area contributed by atoms with Gasteiger partial charge in [0.2, 0.25) is 11.8 Å². The molecule has 0 aromatic heterocycles. The molecular formula is C17H27N3O2. The number of nitrogens with one attached hydrogen (secondary N) is 2. The molecule has 5 nitrogen and oxygen atoms in total. The van der Waals surface area contributed by atoms with Crippen molar-refractivity contribution >= 4 is 11.8 Å². The summed E-state index contributed by atoms with van der Waals surface area (Å²) in [4.78, 5) is 25.1. The normalized spacial score (nSPS) is 12.1. The molecule has 0 saturated heterocycles. The van der Waals surface area contributed by atoms with Gasteiger partial charge in [0.15, 0.2) is 0 Å². The lowest BCUT2D eigenvalue weighted by Gasteiger charge is -2.20. The van der Waals surface area contributed by atoms with Gasteiger partial charge >= 0.3 is 0 Å². The first-order valence-corrected chi connectivity index (χ1v) is 7.59. The number of amides is 2. The summed E-state index contributed by atoms with van der Waals surface area (Å²) in [5.41, 5.74) is 3.50. The molecule has 0 heterocycles. The number of nitrogens with zero attached hydrogens (tertiary/aromatic N) is 1. The first-order valence-electron chi connectivity index (χ1n) is 7.59. The molecule has 0 aliphatic rings. The van der Waals surface area contributed by atoms with Crippen molar-refractivity contribution in [1.29, 1.82) is 0 Å². The molecule has 1 atom stereocenters. The van der Waals surface area contributed by atoms with E-state index in [2.05, 4.69) is 28.8 Å². The lowest BCUT2D eigenvalue weighted by Crippen LogP contribution is -2.38. The molecule has 1 aromatic carbocycles. The van der Waals surface area contributed by atoms with Crippen molar-refractivity contribution in [3.63, 3.8) is 0 Å². The molecular weight excluding hydrogens is 278 g/mol. The van der Waals surface area contributed by atoms with E-state index in [1.165, 1.54) is 11.1 Å². The number of carbonyl (C=O) groups is 2. The topological polar surface area (TPSA) is 61.4 Å². The summed E-state index contributed by atoms with van der Waals surface area (Å²) in [6.45, 7) is 6.93. The number of aryl methyl sites for hydroxylation is 2. The number of rotatable bonds is 7. The van der Waals surface area contributed by atoms with Crippen molar-refractivity contribution in [1.82, 2.24) is 15.5 Å². The van der Waals surface area contributed by atoms with Gasteiger partial charge in [-0.1, -0.05) is 23.8 Å². The minimum absolute atomic E-state index is 0.0176. The van der Waals surface area contributed by atoms with Crippen molar-refractivity contribution in [2.75, 3.05) is 27.2 Å².